The highest BCUT2D eigenvalue weighted by molar-refractivity contribution is 5.72. The van der Waals surface area contributed by atoms with Crippen LogP contribution in [0.2, 0.25) is 0 Å². The number of benzene rings is 2. The van der Waals surface area contributed by atoms with E-state index in [2.05, 4.69) is 6.92 Å². The number of allylic oxidation sites excluding steroid dienone is 1. The number of rotatable bonds is 11. The Hall–Kier alpha value is -2.88. The van der Waals surface area contributed by atoms with Gasteiger partial charge in [-0.05, 0) is 93.4 Å². The van der Waals surface area contributed by atoms with E-state index in [0.29, 0.717) is 63.5 Å². The standard InChI is InChI=1S/C34H39F7O3/c1-2-3-4-5-22-8-14-26(15-9-22)34(40,41)44-28-18-12-25(13-19-28)32(42)43-27-16-10-23(11-17-27)6-7-24-20-29(35)31(30(36)21-24)33(37,38)39/h6-9,14-15,20-21,23,25,27-28H,2-5,10-13,16-19H2,1H3/b7-6+. The van der Waals surface area contributed by atoms with Crippen molar-refractivity contribution in [2.45, 2.75) is 108 Å². The van der Waals surface area contributed by atoms with Crippen LogP contribution in [0.5, 0.6) is 0 Å². The van der Waals surface area contributed by atoms with Crippen LogP contribution in [0.1, 0.15) is 99.8 Å². The average molecular weight is 629 g/mol. The smallest absolute Gasteiger partial charge is 0.422 e. The molecule has 242 valence electrons. The molecule has 0 saturated heterocycles. The second kappa shape index (κ2) is 14.9. The maximum absolute atomic E-state index is 14.8. The largest absolute Gasteiger partial charge is 0.462 e. The third kappa shape index (κ3) is 9.31. The summed E-state index contributed by atoms with van der Waals surface area (Å²) < 4.78 is 107. The van der Waals surface area contributed by atoms with E-state index in [9.17, 15) is 35.5 Å². The van der Waals surface area contributed by atoms with E-state index in [1.807, 2.05) is 0 Å². The van der Waals surface area contributed by atoms with E-state index in [-0.39, 0.29) is 35.0 Å². The summed E-state index contributed by atoms with van der Waals surface area (Å²) in [5.74, 6) is -4.03. The monoisotopic (exact) mass is 628 g/mol. The van der Waals surface area contributed by atoms with Crippen molar-refractivity contribution in [1.29, 1.82) is 0 Å². The number of alkyl halides is 5. The summed E-state index contributed by atoms with van der Waals surface area (Å²) in [6.07, 6.45) is 1.54. The van der Waals surface area contributed by atoms with Crippen LogP contribution in [-0.2, 0) is 33.0 Å². The Morgan fingerprint density at radius 2 is 1.43 bits per heavy atom. The van der Waals surface area contributed by atoms with Crippen molar-refractivity contribution < 1.29 is 45.0 Å². The van der Waals surface area contributed by atoms with Gasteiger partial charge in [0.05, 0.1) is 17.6 Å². The molecule has 0 unspecified atom stereocenters. The Bertz CT molecular complexity index is 1230. The molecule has 2 aromatic carbocycles. The highest BCUT2D eigenvalue weighted by atomic mass is 19.4. The number of halogens is 7. The summed E-state index contributed by atoms with van der Waals surface area (Å²) >= 11 is 0. The minimum Gasteiger partial charge on any atom is -0.462 e. The molecule has 0 spiro atoms. The van der Waals surface area contributed by atoms with Gasteiger partial charge in [-0.3, -0.25) is 4.79 Å². The summed E-state index contributed by atoms with van der Waals surface area (Å²) in [6, 6.07) is 7.60. The Labute approximate surface area is 253 Å². The molecule has 0 radical (unpaired) electrons. The molecule has 4 rings (SSSR count). The number of esters is 1. The van der Waals surface area contributed by atoms with Crippen molar-refractivity contribution in [3.63, 3.8) is 0 Å². The van der Waals surface area contributed by atoms with E-state index in [1.165, 1.54) is 18.2 Å². The lowest BCUT2D eigenvalue weighted by molar-refractivity contribution is -0.277. The molecule has 2 saturated carbocycles. The van der Waals surface area contributed by atoms with Crippen LogP contribution in [0, 0.1) is 23.5 Å². The molecule has 2 aliphatic carbocycles. The lowest BCUT2D eigenvalue weighted by Gasteiger charge is -2.32. The number of carbonyl (C=O) groups is 1. The maximum atomic E-state index is 14.8. The third-order valence-corrected chi connectivity index (χ3v) is 8.59. The van der Waals surface area contributed by atoms with Gasteiger partial charge >= 0.3 is 18.3 Å². The van der Waals surface area contributed by atoms with Crippen LogP contribution in [0.4, 0.5) is 30.7 Å². The molecule has 2 aliphatic rings. The van der Waals surface area contributed by atoms with Gasteiger partial charge in [0.1, 0.15) is 23.3 Å². The van der Waals surface area contributed by atoms with E-state index >= 15 is 0 Å². The molecule has 0 atom stereocenters. The van der Waals surface area contributed by atoms with Crippen LogP contribution < -0.4 is 0 Å². The molecule has 0 amide bonds. The number of carbonyl (C=O) groups excluding carboxylic acids is 1. The topological polar surface area (TPSA) is 35.5 Å². The van der Waals surface area contributed by atoms with Gasteiger partial charge in [0.2, 0.25) is 0 Å². The number of aryl methyl sites for hydroxylation is 1. The minimum atomic E-state index is -5.12. The molecule has 2 aromatic rings. The number of unbranched alkanes of at least 4 members (excludes halogenated alkanes) is 2. The normalized spacial score (nSPS) is 23.2. The lowest BCUT2D eigenvalue weighted by atomic mass is 9.85. The van der Waals surface area contributed by atoms with Crippen molar-refractivity contribution in [3.05, 3.63) is 76.4 Å². The molecular formula is C34H39F7O3. The molecule has 44 heavy (non-hydrogen) atoms. The van der Waals surface area contributed by atoms with E-state index in [0.717, 1.165) is 31.2 Å². The predicted molar refractivity (Wildman–Crippen MR) is 153 cm³/mol. The fourth-order valence-electron chi connectivity index (χ4n) is 6.00. The highest BCUT2D eigenvalue weighted by Gasteiger charge is 2.39. The molecular weight excluding hydrogens is 589 g/mol. The molecule has 2 fully saturated rings. The Morgan fingerprint density at radius 1 is 0.841 bits per heavy atom. The molecule has 0 aromatic heterocycles. The fraction of sp³-hybridized carbons (Fsp3) is 0.559. The maximum Gasteiger partial charge on any atom is 0.422 e. The molecule has 0 heterocycles. The molecule has 0 N–H and O–H groups in total. The number of hydrogen-bond acceptors (Lipinski definition) is 3. The molecule has 10 heteroatoms. The zero-order valence-corrected chi connectivity index (χ0v) is 24.8. The van der Waals surface area contributed by atoms with Gasteiger partial charge in [-0.15, -0.1) is 0 Å². The van der Waals surface area contributed by atoms with Crippen LogP contribution >= 0.6 is 0 Å². The Balaban J connectivity index is 1.18. The van der Waals surface area contributed by atoms with Crippen molar-refractivity contribution in [3.8, 4) is 0 Å². The van der Waals surface area contributed by atoms with Gasteiger partial charge in [0.15, 0.2) is 0 Å². The van der Waals surface area contributed by atoms with Crippen molar-refractivity contribution >= 4 is 12.0 Å². The number of ether oxygens (including phenoxy) is 2. The van der Waals surface area contributed by atoms with E-state index in [1.54, 1.807) is 18.2 Å². The highest BCUT2D eigenvalue weighted by Crippen LogP contribution is 2.38. The zero-order chi connectivity index (χ0) is 31.9. The van der Waals surface area contributed by atoms with Gasteiger partial charge in [-0.2, -0.15) is 22.0 Å². The Morgan fingerprint density at radius 3 is 2.00 bits per heavy atom. The summed E-state index contributed by atoms with van der Waals surface area (Å²) in [6.45, 7) is 2.11. The van der Waals surface area contributed by atoms with Gasteiger partial charge in [-0.1, -0.05) is 56.2 Å². The van der Waals surface area contributed by atoms with Crippen LogP contribution in [0.3, 0.4) is 0 Å². The van der Waals surface area contributed by atoms with Gasteiger partial charge in [-0.25, -0.2) is 8.78 Å². The first kappa shape index (κ1) is 34.0. The van der Waals surface area contributed by atoms with Crippen molar-refractivity contribution in [2.75, 3.05) is 0 Å². The van der Waals surface area contributed by atoms with Crippen LogP contribution in [0.15, 0.2) is 42.5 Å². The van der Waals surface area contributed by atoms with E-state index in [4.69, 9.17) is 9.47 Å². The Kier molecular flexibility index (Phi) is 11.5. The predicted octanol–water partition coefficient (Wildman–Crippen LogP) is 10.2. The average Bonchev–Trinajstić information content (AvgIpc) is 2.96. The summed E-state index contributed by atoms with van der Waals surface area (Å²) in [5, 5.41) is 0. The summed E-state index contributed by atoms with van der Waals surface area (Å²) in [7, 11) is 0. The third-order valence-electron chi connectivity index (χ3n) is 8.59. The molecule has 0 aliphatic heterocycles. The summed E-state index contributed by atoms with van der Waals surface area (Å²) in [4.78, 5) is 12.8. The van der Waals surface area contributed by atoms with Crippen LogP contribution in [0.25, 0.3) is 6.08 Å². The summed E-state index contributed by atoms with van der Waals surface area (Å²) in [5.41, 5.74) is -1.07. The van der Waals surface area contributed by atoms with Gasteiger partial charge in [0.25, 0.3) is 0 Å². The minimum absolute atomic E-state index is 0.00499. The molecule has 3 nitrogen and oxygen atoms in total. The quantitative estimate of drug-likeness (QED) is 0.141. The van der Waals surface area contributed by atoms with Gasteiger partial charge in [0, 0.05) is 0 Å². The number of hydrogen-bond donors (Lipinski definition) is 0. The first-order chi connectivity index (χ1) is 20.9. The van der Waals surface area contributed by atoms with Crippen molar-refractivity contribution in [1.82, 2.24) is 0 Å². The molecule has 0 bridgehead atoms. The van der Waals surface area contributed by atoms with Gasteiger partial charge < -0.3 is 9.47 Å². The first-order valence-electron chi connectivity index (χ1n) is 15.5. The second-order valence-corrected chi connectivity index (χ2v) is 12.0. The lowest BCUT2D eigenvalue weighted by Crippen LogP contribution is -2.34. The van der Waals surface area contributed by atoms with Crippen LogP contribution in [-0.4, -0.2) is 18.2 Å². The van der Waals surface area contributed by atoms with E-state index < -0.39 is 35.6 Å². The zero-order valence-electron chi connectivity index (χ0n) is 24.8. The fourth-order valence-corrected chi connectivity index (χ4v) is 6.00. The van der Waals surface area contributed by atoms with Crippen molar-refractivity contribution in [2.24, 2.45) is 11.8 Å². The second-order valence-electron chi connectivity index (χ2n) is 12.0. The first-order valence-corrected chi connectivity index (χ1v) is 15.5. The SMILES string of the molecule is CCCCCc1ccc(C(F)(F)OC2CCC(C(=O)OC3CCC(/C=C/c4cc(F)c(C(F)(F)F)c(F)c4)CC3)CC2)cc1.